The standard InChI is InChI=1S/C25H18FN3O3/c26-17-7-5-15(6-8-17)14-29-22(16-9-11-27-12-10-16)21(24(31)25(29)32)23(30)19-13-28-20-4-2-1-3-18(19)20/h1-13,22,28,30H,14H2/b23-21-. The van der Waals surface area contributed by atoms with Crippen molar-refractivity contribution in [1.29, 1.82) is 0 Å². The molecule has 32 heavy (non-hydrogen) atoms. The van der Waals surface area contributed by atoms with Crippen molar-refractivity contribution in [2.75, 3.05) is 0 Å². The Bertz CT molecular complexity index is 1360. The molecule has 3 heterocycles. The number of nitrogens with one attached hydrogen (secondary N) is 1. The van der Waals surface area contributed by atoms with E-state index in [1.54, 1.807) is 42.9 Å². The Labute approximate surface area is 182 Å². The van der Waals surface area contributed by atoms with Gasteiger partial charge in [-0.05, 0) is 41.5 Å². The van der Waals surface area contributed by atoms with Crippen LogP contribution in [0.1, 0.15) is 22.7 Å². The van der Waals surface area contributed by atoms with Gasteiger partial charge in [0.15, 0.2) is 0 Å². The monoisotopic (exact) mass is 427 g/mol. The molecule has 0 bridgehead atoms. The fraction of sp³-hybridized carbons (Fsp3) is 0.0800. The summed E-state index contributed by atoms with van der Waals surface area (Å²) in [6.45, 7) is 0.0858. The van der Waals surface area contributed by atoms with Gasteiger partial charge in [-0.1, -0.05) is 30.3 Å². The number of Topliss-reactive ketones (excluding diaryl/α,β-unsaturated/α-hetero) is 1. The topological polar surface area (TPSA) is 86.3 Å². The maximum atomic E-state index is 13.3. The molecule has 0 saturated carbocycles. The van der Waals surface area contributed by atoms with Gasteiger partial charge in [0, 0.05) is 41.6 Å². The number of fused-ring (bicyclic) bond motifs is 1. The highest BCUT2D eigenvalue weighted by Crippen LogP contribution is 2.41. The normalized spacial score (nSPS) is 17.9. The molecular formula is C25H18FN3O3. The maximum Gasteiger partial charge on any atom is 0.295 e. The molecule has 1 atom stereocenters. The van der Waals surface area contributed by atoms with E-state index in [0.717, 1.165) is 10.9 Å². The molecule has 1 aliphatic heterocycles. The number of carbonyl (C=O) groups is 2. The number of carbonyl (C=O) groups excluding carboxylic acids is 2. The molecule has 1 aliphatic rings. The Hall–Kier alpha value is -4.26. The molecule has 0 radical (unpaired) electrons. The van der Waals surface area contributed by atoms with Crippen LogP contribution in [0.4, 0.5) is 4.39 Å². The van der Waals surface area contributed by atoms with Crippen molar-refractivity contribution in [2.24, 2.45) is 0 Å². The number of H-pyrrole nitrogens is 1. The van der Waals surface area contributed by atoms with Crippen LogP contribution in [0.15, 0.2) is 84.8 Å². The van der Waals surface area contributed by atoms with Crippen LogP contribution in [0.25, 0.3) is 16.7 Å². The van der Waals surface area contributed by atoms with Gasteiger partial charge in [0.1, 0.15) is 11.6 Å². The highest BCUT2D eigenvalue weighted by atomic mass is 19.1. The van der Waals surface area contributed by atoms with Crippen molar-refractivity contribution >= 4 is 28.4 Å². The fourth-order valence-electron chi connectivity index (χ4n) is 4.13. The molecule has 2 aromatic carbocycles. The quantitative estimate of drug-likeness (QED) is 0.288. The van der Waals surface area contributed by atoms with Crippen molar-refractivity contribution in [2.45, 2.75) is 12.6 Å². The largest absolute Gasteiger partial charge is 0.507 e. The summed E-state index contributed by atoms with van der Waals surface area (Å²) in [5.41, 5.74) is 2.56. The molecule has 5 rings (SSSR count). The lowest BCUT2D eigenvalue weighted by Crippen LogP contribution is -2.29. The van der Waals surface area contributed by atoms with Gasteiger partial charge in [0.2, 0.25) is 0 Å². The predicted octanol–water partition coefficient (Wildman–Crippen LogP) is 4.32. The first kappa shape index (κ1) is 19.7. The summed E-state index contributed by atoms with van der Waals surface area (Å²) in [6.07, 6.45) is 4.76. The zero-order valence-electron chi connectivity index (χ0n) is 16.8. The molecule has 7 heteroatoms. The van der Waals surface area contributed by atoms with E-state index in [2.05, 4.69) is 9.97 Å². The predicted molar refractivity (Wildman–Crippen MR) is 117 cm³/mol. The fourth-order valence-corrected chi connectivity index (χ4v) is 4.13. The number of ketones is 1. The van der Waals surface area contributed by atoms with E-state index in [0.29, 0.717) is 16.7 Å². The number of aromatic amines is 1. The first-order chi connectivity index (χ1) is 15.5. The van der Waals surface area contributed by atoms with Gasteiger partial charge >= 0.3 is 0 Å². The number of pyridine rings is 1. The van der Waals surface area contributed by atoms with Crippen LogP contribution in [0.5, 0.6) is 0 Å². The van der Waals surface area contributed by atoms with Crippen LogP contribution in [0.2, 0.25) is 0 Å². The van der Waals surface area contributed by atoms with E-state index in [9.17, 15) is 19.1 Å². The van der Waals surface area contributed by atoms with E-state index >= 15 is 0 Å². The Kier molecular flexibility index (Phi) is 4.78. The van der Waals surface area contributed by atoms with Crippen LogP contribution in [0.3, 0.4) is 0 Å². The van der Waals surface area contributed by atoms with Crippen molar-refractivity contribution in [1.82, 2.24) is 14.9 Å². The van der Waals surface area contributed by atoms with E-state index < -0.39 is 17.7 Å². The highest BCUT2D eigenvalue weighted by molar-refractivity contribution is 6.46. The number of aromatic nitrogens is 2. The first-order valence-corrected chi connectivity index (χ1v) is 10.0. The average molecular weight is 427 g/mol. The minimum atomic E-state index is -0.809. The van der Waals surface area contributed by atoms with Crippen molar-refractivity contribution in [3.63, 3.8) is 0 Å². The van der Waals surface area contributed by atoms with Gasteiger partial charge < -0.3 is 15.0 Å². The van der Waals surface area contributed by atoms with Crippen LogP contribution in [-0.2, 0) is 16.1 Å². The van der Waals surface area contributed by atoms with Gasteiger partial charge in [-0.2, -0.15) is 0 Å². The molecule has 2 aromatic heterocycles. The van der Waals surface area contributed by atoms with Crippen molar-refractivity contribution in [3.05, 3.63) is 107 Å². The number of aliphatic hydroxyl groups excluding tert-OH is 1. The summed E-state index contributed by atoms with van der Waals surface area (Å²) >= 11 is 0. The van der Waals surface area contributed by atoms with Crippen LogP contribution < -0.4 is 0 Å². The minimum absolute atomic E-state index is 0.00747. The summed E-state index contributed by atoms with van der Waals surface area (Å²) in [4.78, 5) is 34.7. The van der Waals surface area contributed by atoms with Crippen molar-refractivity contribution in [3.8, 4) is 0 Å². The number of rotatable bonds is 4. The summed E-state index contributed by atoms with van der Waals surface area (Å²) in [6, 6.07) is 15.7. The second kappa shape index (κ2) is 7.77. The van der Waals surface area contributed by atoms with Crippen molar-refractivity contribution < 1.29 is 19.1 Å². The third-order valence-corrected chi connectivity index (χ3v) is 5.67. The van der Waals surface area contributed by atoms with Gasteiger partial charge in [-0.15, -0.1) is 0 Å². The van der Waals surface area contributed by atoms with E-state index in [1.165, 1.54) is 17.0 Å². The van der Waals surface area contributed by atoms with Gasteiger partial charge in [0.25, 0.3) is 11.7 Å². The van der Waals surface area contributed by atoms with E-state index in [4.69, 9.17) is 0 Å². The van der Waals surface area contributed by atoms with Gasteiger partial charge in [0.05, 0.1) is 11.6 Å². The molecule has 0 spiro atoms. The third-order valence-electron chi connectivity index (χ3n) is 5.67. The summed E-state index contributed by atoms with van der Waals surface area (Å²) in [7, 11) is 0. The molecule has 1 saturated heterocycles. The highest BCUT2D eigenvalue weighted by Gasteiger charge is 2.46. The van der Waals surface area contributed by atoms with E-state index in [-0.39, 0.29) is 23.7 Å². The Morgan fingerprint density at radius 1 is 1.03 bits per heavy atom. The lowest BCUT2D eigenvalue weighted by molar-refractivity contribution is -0.140. The molecule has 4 aromatic rings. The molecule has 0 aliphatic carbocycles. The second-order valence-electron chi connectivity index (χ2n) is 7.58. The molecular weight excluding hydrogens is 409 g/mol. The van der Waals surface area contributed by atoms with Crippen LogP contribution >= 0.6 is 0 Å². The molecule has 1 fully saturated rings. The minimum Gasteiger partial charge on any atom is -0.507 e. The number of nitrogens with zero attached hydrogens (tertiary/aromatic N) is 2. The van der Waals surface area contributed by atoms with Gasteiger partial charge in [-0.3, -0.25) is 14.6 Å². The lowest BCUT2D eigenvalue weighted by Gasteiger charge is -2.25. The summed E-state index contributed by atoms with van der Waals surface area (Å²) in [5.74, 6) is -2.13. The third kappa shape index (κ3) is 3.24. The average Bonchev–Trinajstić information content (AvgIpc) is 3.35. The number of halogens is 1. The molecule has 2 N–H and O–H groups in total. The van der Waals surface area contributed by atoms with E-state index in [1.807, 2.05) is 24.3 Å². The Balaban J connectivity index is 1.67. The summed E-state index contributed by atoms with van der Waals surface area (Å²) in [5, 5.41) is 12.0. The smallest absolute Gasteiger partial charge is 0.295 e. The zero-order valence-corrected chi connectivity index (χ0v) is 16.8. The molecule has 6 nitrogen and oxygen atoms in total. The summed E-state index contributed by atoms with van der Waals surface area (Å²) < 4.78 is 13.3. The SMILES string of the molecule is O=C1C(=O)N(Cc2ccc(F)cc2)C(c2ccncc2)/C1=C(/O)c1c[nH]c2ccccc12. The number of para-hydroxylation sites is 1. The number of hydrogen-bond acceptors (Lipinski definition) is 4. The number of hydrogen-bond donors (Lipinski definition) is 2. The zero-order chi connectivity index (χ0) is 22.2. The first-order valence-electron chi connectivity index (χ1n) is 10.0. The Morgan fingerprint density at radius 3 is 2.50 bits per heavy atom. The number of likely N-dealkylation sites (tertiary alicyclic amines) is 1. The number of benzene rings is 2. The molecule has 158 valence electrons. The number of aliphatic hydroxyl groups is 1. The Morgan fingerprint density at radius 2 is 1.75 bits per heavy atom. The maximum absolute atomic E-state index is 13.3. The molecule has 1 amide bonds. The van der Waals surface area contributed by atoms with Crippen LogP contribution in [-0.4, -0.2) is 31.7 Å². The van der Waals surface area contributed by atoms with Gasteiger partial charge in [-0.25, -0.2) is 4.39 Å². The van der Waals surface area contributed by atoms with Crippen LogP contribution in [0, 0.1) is 5.82 Å². The number of amides is 1. The second-order valence-corrected chi connectivity index (χ2v) is 7.58. The lowest BCUT2D eigenvalue weighted by atomic mass is 9.95. The molecule has 1 unspecified atom stereocenters.